The average Bonchev–Trinajstić information content (AvgIpc) is 2.29. The summed E-state index contributed by atoms with van der Waals surface area (Å²) in [5, 5.41) is -0.159. The van der Waals surface area contributed by atoms with Gasteiger partial charge in [0.25, 0.3) is 5.56 Å². The molecule has 1 rings (SSSR count). The number of hydrogen-bond donors (Lipinski definition) is 1. The minimum atomic E-state index is -1.09. The minimum Gasteiger partial charge on any atom is -0.297 e. The van der Waals surface area contributed by atoms with Crippen LogP contribution >= 0.6 is 11.6 Å². The molecule has 0 radical (unpaired) electrons. The van der Waals surface area contributed by atoms with Crippen molar-refractivity contribution in [1.29, 1.82) is 0 Å². The highest BCUT2D eigenvalue weighted by Crippen LogP contribution is 2.08. The maximum Gasteiger partial charge on any atom is 0.329 e. The zero-order chi connectivity index (χ0) is 13.9. The number of rotatable bonds is 5. The van der Waals surface area contributed by atoms with Gasteiger partial charge in [-0.15, -0.1) is 0 Å². The normalized spacial score (nSPS) is 14.4. The lowest BCUT2D eigenvalue weighted by Crippen LogP contribution is -2.40. The molecule has 0 amide bonds. The van der Waals surface area contributed by atoms with Crippen LogP contribution in [0.4, 0.5) is 0 Å². The molecular formula is C11H17ClN2O3S. The van der Waals surface area contributed by atoms with Crippen molar-refractivity contribution >= 4 is 22.4 Å². The summed E-state index contributed by atoms with van der Waals surface area (Å²) in [5.74, 6) is 0. The molecule has 1 N–H and O–H groups in total. The molecule has 7 heteroatoms. The van der Waals surface area contributed by atoms with Crippen LogP contribution in [0.1, 0.15) is 25.8 Å². The summed E-state index contributed by atoms with van der Waals surface area (Å²) >= 11 is 5.86. The molecule has 18 heavy (non-hydrogen) atoms. The van der Waals surface area contributed by atoms with E-state index in [1.807, 2.05) is 6.92 Å². The highest BCUT2D eigenvalue weighted by Gasteiger charge is 2.15. The Hall–Kier alpha value is -0.880. The Labute approximate surface area is 113 Å². The van der Waals surface area contributed by atoms with Gasteiger partial charge >= 0.3 is 5.69 Å². The van der Waals surface area contributed by atoms with Crippen LogP contribution in [0.3, 0.4) is 0 Å². The van der Waals surface area contributed by atoms with Crippen LogP contribution in [-0.2, 0) is 23.8 Å². The Bertz CT molecular complexity index is 564. The van der Waals surface area contributed by atoms with E-state index in [-0.39, 0.29) is 22.5 Å². The molecule has 1 aromatic heterocycles. The third-order valence-electron chi connectivity index (χ3n) is 2.74. The van der Waals surface area contributed by atoms with Gasteiger partial charge < -0.3 is 0 Å². The van der Waals surface area contributed by atoms with Crippen molar-refractivity contribution in [3.63, 3.8) is 0 Å². The lowest BCUT2D eigenvalue weighted by Gasteiger charge is -2.12. The van der Waals surface area contributed by atoms with Crippen molar-refractivity contribution in [2.24, 2.45) is 0 Å². The first-order valence-corrected chi connectivity index (χ1v) is 7.72. The monoisotopic (exact) mass is 292 g/mol. The molecule has 2 atom stereocenters. The lowest BCUT2D eigenvalue weighted by atomic mass is 10.2. The van der Waals surface area contributed by atoms with E-state index in [4.69, 9.17) is 11.6 Å². The van der Waals surface area contributed by atoms with Gasteiger partial charge in [-0.3, -0.25) is 18.6 Å². The highest BCUT2D eigenvalue weighted by atomic mass is 35.5. The standard InChI is InChI=1S/C11H17ClN2O3S/c1-4-5-8-9(12)13-11(16)14(10(8)15)6-7(2)18(3)17/h7H,4-6H2,1-3H3,(H,13,16). The molecule has 0 spiro atoms. The van der Waals surface area contributed by atoms with E-state index < -0.39 is 16.5 Å². The first-order chi connectivity index (χ1) is 8.38. The van der Waals surface area contributed by atoms with Gasteiger partial charge in [0, 0.05) is 28.9 Å². The molecule has 0 aromatic carbocycles. The van der Waals surface area contributed by atoms with Gasteiger partial charge in [-0.1, -0.05) is 24.9 Å². The molecule has 0 bridgehead atoms. The molecule has 102 valence electrons. The molecule has 1 aromatic rings. The molecule has 0 fully saturated rings. The Kier molecular flexibility index (Phi) is 5.34. The quantitative estimate of drug-likeness (QED) is 0.820. The maximum atomic E-state index is 12.1. The lowest BCUT2D eigenvalue weighted by molar-refractivity contribution is 0.598. The number of halogens is 1. The second-order valence-electron chi connectivity index (χ2n) is 4.20. The van der Waals surface area contributed by atoms with E-state index in [9.17, 15) is 13.8 Å². The molecule has 0 aliphatic rings. The van der Waals surface area contributed by atoms with Crippen LogP contribution in [0.2, 0.25) is 5.15 Å². The third-order valence-corrected chi connectivity index (χ3v) is 4.34. The van der Waals surface area contributed by atoms with Crippen LogP contribution < -0.4 is 11.2 Å². The fraction of sp³-hybridized carbons (Fsp3) is 0.636. The smallest absolute Gasteiger partial charge is 0.297 e. The van der Waals surface area contributed by atoms with E-state index in [1.165, 1.54) is 0 Å². The summed E-state index contributed by atoms with van der Waals surface area (Å²) in [7, 11) is -1.09. The van der Waals surface area contributed by atoms with Gasteiger partial charge in [-0.2, -0.15) is 0 Å². The zero-order valence-electron chi connectivity index (χ0n) is 10.7. The topological polar surface area (TPSA) is 71.9 Å². The Balaban J connectivity index is 3.28. The minimum absolute atomic E-state index is 0.105. The summed E-state index contributed by atoms with van der Waals surface area (Å²) in [6.07, 6.45) is 2.82. The number of nitrogens with zero attached hydrogens (tertiary/aromatic N) is 1. The number of aromatic amines is 1. The predicted molar refractivity (Wildman–Crippen MR) is 73.9 cm³/mol. The molecule has 0 aliphatic carbocycles. The fourth-order valence-corrected chi connectivity index (χ4v) is 2.20. The first-order valence-electron chi connectivity index (χ1n) is 5.72. The summed E-state index contributed by atoms with van der Waals surface area (Å²) in [6, 6.07) is 0. The van der Waals surface area contributed by atoms with E-state index >= 15 is 0 Å². The summed E-state index contributed by atoms with van der Waals surface area (Å²) in [6.45, 7) is 3.79. The number of hydrogen-bond acceptors (Lipinski definition) is 3. The summed E-state index contributed by atoms with van der Waals surface area (Å²) < 4.78 is 12.4. The van der Waals surface area contributed by atoms with Crippen LogP contribution in [0.15, 0.2) is 9.59 Å². The SMILES string of the molecule is CCCc1c(Cl)[nH]c(=O)n(CC(C)S(C)=O)c1=O. The number of aromatic nitrogens is 2. The zero-order valence-corrected chi connectivity index (χ0v) is 12.2. The van der Waals surface area contributed by atoms with Crippen molar-refractivity contribution in [3.8, 4) is 0 Å². The van der Waals surface area contributed by atoms with Crippen molar-refractivity contribution < 1.29 is 4.21 Å². The molecular weight excluding hydrogens is 276 g/mol. The van der Waals surface area contributed by atoms with Crippen molar-refractivity contribution in [2.45, 2.75) is 38.5 Å². The van der Waals surface area contributed by atoms with E-state index in [2.05, 4.69) is 4.98 Å². The molecule has 0 saturated heterocycles. The second kappa shape index (κ2) is 6.33. The van der Waals surface area contributed by atoms with Crippen LogP contribution in [0.5, 0.6) is 0 Å². The van der Waals surface area contributed by atoms with Crippen molar-refractivity contribution in [1.82, 2.24) is 9.55 Å². The fourth-order valence-electron chi connectivity index (χ4n) is 1.58. The van der Waals surface area contributed by atoms with Crippen molar-refractivity contribution in [2.75, 3.05) is 6.26 Å². The molecule has 1 heterocycles. The third kappa shape index (κ3) is 3.32. The van der Waals surface area contributed by atoms with Gasteiger partial charge in [-0.25, -0.2) is 4.79 Å². The molecule has 5 nitrogen and oxygen atoms in total. The molecule has 0 saturated carbocycles. The second-order valence-corrected chi connectivity index (χ2v) is 6.38. The first kappa shape index (κ1) is 15.2. The molecule has 2 unspecified atom stereocenters. The Morgan fingerprint density at radius 3 is 2.56 bits per heavy atom. The summed E-state index contributed by atoms with van der Waals surface area (Å²) in [5.41, 5.74) is -0.530. The van der Waals surface area contributed by atoms with Crippen molar-refractivity contribution in [3.05, 3.63) is 31.6 Å². The van der Waals surface area contributed by atoms with Crippen LogP contribution in [-0.4, -0.2) is 25.3 Å². The highest BCUT2D eigenvalue weighted by molar-refractivity contribution is 7.84. The van der Waals surface area contributed by atoms with Gasteiger partial charge in [0.1, 0.15) is 5.15 Å². The van der Waals surface area contributed by atoms with Gasteiger partial charge in [-0.05, 0) is 13.3 Å². The maximum absolute atomic E-state index is 12.1. The number of nitrogens with one attached hydrogen (secondary N) is 1. The predicted octanol–water partition coefficient (Wildman–Crippen LogP) is 0.909. The van der Waals surface area contributed by atoms with Gasteiger partial charge in [0.15, 0.2) is 0 Å². The van der Waals surface area contributed by atoms with E-state index in [0.29, 0.717) is 12.0 Å². The van der Waals surface area contributed by atoms with Crippen LogP contribution in [0, 0.1) is 0 Å². The molecule has 0 aliphatic heterocycles. The summed E-state index contributed by atoms with van der Waals surface area (Å²) in [4.78, 5) is 26.3. The Morgan fingerprint density at radius 1 is 1.44 bits per heavy atom. The van der Waals surface area contributed by atoms with Gasteiger partial charge in [0.05, 0.1) is 5.56 Å². The average molecular weight is 293 g/mol. The van der Waals surface area contributed by atoms with Gasteiger partial charge in [0.2, 0.25) is 0 Å². The Morgan fingerprint density at radius 2 is 2.06 bits per heavy atom. The largest absolute Gasteiger partial charge is 0.329 e. The van der Waals surface area contributed by atoms with Crippen LogP contribution in [0.25, 0.3) is 0 Å². The van der Waals surface area contributed by atoms with E-state index in [0.717, 1.165) is 11.0 Å². The number of H-pyrrole nitrogens is 1. The van der Waals surface area contributed by atoms with E-state index in [1.54, 1.807) is 13.2 Å².